The zero-order chi connectivity index (χ0) is 20.1. The number of aromatic nitrogens is 3. The van der Waals surface area contributed by atoms with Crippen LogP contribution in [-0.2, 0) is 4.74 Å². The predicted molar refractivity (Wildman–Crippen MR) is 104 cm³/mol. The first-order chi connectivity index (χ1) is 13.5. The lowest BCUT2D eigenvalue weighted by Gasteiger charge is -2.16. The maximum Gasteiger partial charge on any atom is 0.339 e. The Balaban J connectivity index is 1.72. The number of carbonyl (C=O) groups excluding carboxylic acids is 2. The molecule has 1 atom stereocenters. The van der Waals surface area contributed by atoms with Crippen LogP contribution in [0.2, 0.25) is 0 Å². The molecule has 2 heterocycles. The van der Waals surface area contributed by atoms with Gasteiger partial charge in [-0.1, -0.05) is 18.2 Å². The summed E-state index contributed by atoms with van der Waals surface area (Å²) in [5, 5.41) is 9.92. The highest BCUT2D eigenvalue weighted by molar-refractivity contribution is 6.00. The summed E-state index contributed by atoms with van der Waals surface area (Å²) in [5.41, 5.74) is 2.40. The molecule has 3 rings (SSSR count). The number of ether oxygens (including phenoxy) is 1. The molecule has 0 spiro atoms. The van der Waals surface area contributed by atoms with Crippen LogP contribution in [0.4, 0.5) is 10.5 Å². The van der Waals surface area contributed by atoms with Crippen molar-refractivity contribution in [2.75, 3.05) is 12.4 Å². The van der Waals surface area contributed by atoms with Crippen molar-refractivity contribution in [2.24, 2.45) is 0 Å². The molecule has 0 unspecified atom stereocenters. The highest BCUT2D eigenvalue weighted by atomic mass is 16.5. The summed E-state index contributed by atoms with van der Waals surface area (Å²) >= 11 is 0. The van der Waals surface area contributed by atoms with Crippen LogP contribution in [0.3, 0.4) is 0 Å². The van der Waals surface area contributed by atoms with Crippen molar-refractivity contribution in [1.82, 2.24) is 20.1 Å². The number of nitrogens with zero attached hydrogens (tertiary/aromatic N) is 3. The van der Waals surface area contributed by atoms with E-state index in [9.17, 15) is 9.59 Å². The predicted octanol–water partition coefficient (Wildman–Crippen LogP) is 3.25. The van der Waals surface area contributed by atoms with E-state index < -0.39 is 12.0 Å². The van der Waals surface area contributed by atoms with E-state index in [0.717, 1.165) is 11.3 Å². The monoisotopic (exact) mass is 379 g/mol. The topological polar surface area (TPSA) is 98.1 Å². The molecule has 0 aliphatic carbocycles. The van der Waals surface area contributed by atoms with E-state index in [-0.39, 0.29) is 11.6 Å². The normalized spacial score (nSPS) is 11.5. The Labute approximate surface area is 162 Å². The Kier molecular flexibility index (Phi) is 5.69. The van der Waals surface area contributed by atoms with Crippen molar-refractivity contribution < 1.29 is 14.3 Å². The van der Waals surface area contributed by atoms with Gasteiger partial charge in [0, 0.05) is 17.5 Å². The van der Waals surface area contributed by atoms with Crippen LogP contribution >= 0.6 is 0 Å². The third-order valence-corrected chi connectivity index (χ3v) is 4.31. The quantitative estimate of drug-likeness (QED) is 0.663. The highest BCUT2D eigenvalue weighted by Crippen LogP contribution is 2.20. The molecule has 0 saturated carbocycles. The van der Waals surface area contributed by atoms with Gasteiger partial charge in [-0.15, -0.1) is 0 Å². The second kappa shape index (κ2) is 8.34. The van der Waals surface area contributed by atoms with Gasteiger partial charge in [0.05, 0.1) is 30.6 Å². The van der Waals surface area contributed by atoms with Crippen molar-refractivity contribution >= 4 is 17.7 Å². The molecule has 0 saturated heterocycles. The molecule has 0 fully saturated rings. The minimum absolute atomic E-state index is 0.284. The fraction of sp³-hybridized carbons (Fsp3) is 0.200. The summed E-state index contributed by atoms with van der Waals surface area (Å²) in [6.45, 7) is 3.78. The van der Waals surface area contributed by atoms with Crippen LogP contribution in [0.25, 0.3) is 5.82 Å². The van der Waals surface area contributed by atoms with Gasteiger partial charge in [0.2, 0.25) is 0 Å². The zero-order valence-electron chi connectivity index (χ0n) is 15.8. The molecule has 3 aromatic rings. The number of anilines is 1. The largest absolute Gasteiger partial charge is 0.465 e. The fourth-order valence-corrected chi connectivity index (χ4v) is 2.87. The maximum absolute atomic E-state index is 12.4. The first-order valence-electron chi connectivity index (χ1n) is 8.72. The standard InChI is InChI=1S/C20H21N5O3/c1-13(16-12-22-25(14(16)2)18-10-6-7-11-21-18)23-20(27)24-17-9-5-4-8-15(17)19(26)28-3/h4-13H,1-3H3,(H2,23,24,27)/t13-/m0/s1. The van der Waals surface area contributed by atoms with Crippen LogP contribution in [0.1, 0.15) is 34.6 Å². The minimum Gasteiger partial charge on any atom is -0.465 e. The van der Waals surface area contributed by atoms with Crippen molar-refractivity contribution in [2.45, 2.75) is 19.9 Å². The average Bonchev–Trinajstić information content (AvgIpc) is 3.10. The summed E-state index contributed by atoms with van der Waals surface area (Å²) in [7, 11) is 1.29. The molecule has 1 aromatic carbocycles. The molecule has 0 aliphatic rings. The van der Waals surface area contributed by atoms with Crippen LogP contribution in [0.15, 0.2) is 54.9 Å². The molecular formula is C20H21N5O3. The fourth-order valence-electron chi connectivity index (χ4n) is 2.87. The molecule has 0 bridgehead atoms. The Morgan fingerprint density at radius 1 is 1.14 bits per heavy atom. The van der Waals surface area contributed by atoms with Crippen LogP contribution in [0, 0.1) is 6.92 Å². The van der Waals surface area contributed by atoms with Gasteiger partial charge < -0.3 is 15.4 Å². The molecule has 8 heteroatoms. The van der Waals surface area contributed by atoms with E-state index in [1.165, 1.54) is 7.11 Å². The lowest BCUT2D eigenvalue weighted by molar-refractivity contribution is 0.0602. The Morgan fingerprint density at radius 2 is 1.89 bits per heavy atom. The summed E-state index contributed by atoms with van der Waals surface area (Å²) in [4.78, 5) is 28.6. The number of amides is 2. The van der Waals surface area contributed by atoms with Crippen LogP contribution < -0.4 is 10.6 Å². The number of pyridine rings is 1. The summed E-state index contributed by atoms with van der Waals surface area (Å²) in [6, 6.07) is 11.5. The second-order valence-corrected chi connectivity index (χ2v) is 6.14. The van der Waals surface area contributed by atoms with Gasteiger partial charge in [-0.05, 0) is 38.1 Å². The minimum atomic E-state index is -0.517. The first kappa shape index (κ1) is 19.1. The Hall–Kier alpha value is -3.68. The van der Waals surface area contributed by atoms with Crippen molar-refractivity contribution in [1.29, 1.82) is 0 Å². The number of rotatable bonds is 5. The third-order valence-electron chi connectivity index (χ3n) is 4.31. The molecule has 2 amide bonds. The van der Waals surface area contributed by atoms with Crippen molar-refractivity contribution in [3.63, 3.8) is 0 Å². The van der Waals surface area contributed by atoms with Crippen LogP contribution in [-0.4, -0.2) is 33.9 Å². The number of methoxy groups -OCH3 is 1. The SMILES string of the molecule is COC(=O)c1ccccc1NC(=O)N[C@@H](C)c1cnn(-c2ccccn2)c1C. The Bertz CT molecular complexity index is 985. The number of benzene rings is 1. The molecule has 0 radical (unpaired) electrons. The van der Waals surface area contributed by atoms with Gasteiger partial charge in [0.15, 0.2) is 5.82 Å². The van der Waals surface area contributed by atoms with Gasteiger partial charge in [0.1, 0.15) is 0 Å². The van der Waals surface area contributed by atoms with Crippen molar-refractivity contribution in [3.05, 3.63) is 71.7 Å². The molecule has 8 nitrogen and oxygen atoms in total. The number of hydrogen-bond donors (Lipinski definition) is 2. The van der Waals surface area contributed by atoms with E-state index in [1.807, 2.05) is 32.0 Å². The van der Waals surface area contributed by atoms with E-state index >= 15 is 0 Å². The van der Waals surface area contributed by atoms with Gasteiger partial charge in [-0.2, -0.15) is 5.10 Å². The molecular weight excluding hydrogens is 358 g/mol. The van der Waals surface area contributed by atoms with E-state index in [0.29, 0.717) is 11.5 Å². The van der Waals surface area contributed by atoms with E-state index in [1.54, 1.807) is 41.3 Å². The van der Waals surface area contributed by atoms with Gasteiger partial charge in [0.25, 0.3) is 0 Å². The third kappa shape index (κ3) is 4.01. The lowest BCUT2D eigenvalue weighted by atomic mass is 10.1. The molecule has 28 heavy (non-hydrogen) atoms. The van der Waals surface area contributed by atoms with Gasteiger partial charge in [-0.3, -0.25) is 0 Å². The molecule has 2 N–H and O–H groups in total. The van der Waals surface area contributed by atoms with E-state index in [2.05, 4.69) is 20.7 Å². The molecule has 0 aliphatic heterocycles. The number of carbonyl (C=O) groups is 2. The van der Waals surface area contributed by atoms with Gasteiger partial charge in [-0.25, -0.2) is 19.3 Å². The summed E-state index contributed by atoms with van der Waals surface area (Å²) < 4.78 is 6.46. The number of hydrogen-bond acceptors (Lipinski definition) is 5. The zero-order valence-corrected chi connectivity index (χ0v) is 15.8. The number of esters is 1. The Morgan fingerprint density at radius 3 is 2.61 bits per heavy atom. The maximum atomic E-state index is 12.4. The van der Waals surface area contributed by atoms with Crippen LogP contribution in [0.5, 0.6) is 0 Å². The number of nitrogens with one attached hydrogen (secondary N) is 2. The lowest BCUT2D eigenvalue weighted by Crippen LogP contribution is -2.32. The molecule has 144 valence electrons. The second-order valence-electron chi connectivity index (χ2n) is 6.14. The summed E-state index contributed by atoms with van der Waals surface area (Å²) in [5.74, 6) is 0.186. The summed E-state index contributed by atoms with van der Waals surface area (Å²) in [6.07, 6.45) is 3.40. The van der Waals surface area contributed by atoms with Crippen molar-refractivity contribution in [3.8, 4) is 5.82 Å². The molecule has 2 aromatic heterocycles. The first-order valence-corrected chi connectivity index (χ1v) is 8.72. The highest BCUT2D eigenvalue weighted by Gasteiger charge is 2.18. The van der Waals surface area contributed by atoms with E-state index in [4.69, 9.17) is 4.74 Å². The number of urea groups is 1. The smallest absolute Gasteiger partial charge is 0.339 e. The average molecular weight is 379 g/mol. The number of para-hydroxylation sites is 1. The van der Waals surface area contributed by atoms with Gasteiger partial charge >= 0.3 is 12.0 Å².